The fourth-order valence-corrected chi connectivity index (χ4v) is 1.96. The molecule has 0 aliphatic heterocycles. The van der Waals surface area contributed by atoms with Gasteiger partial charge in [-0.1, -0.05) is 23.7 Å². The third-order valence-corrected chi connectivity index (χ3v) is 3.09. The third-order valence-electron chi connectivity index (χ3n) is 2.86. The van der Waals surface area contributed by atoms with Crippen LogP contribution in [0.5, 0.6) is 0 Å². The van der Waals surface area contributed by atoms with Gasteiger partial charge in [0.05, 0.1) is 4.92 Å². The fourth-order valence-electron chi connectivity index (χ4n) is 1.79. The zero-order valence-electron chi connectivity index (χ0n) is 11.5. The summed E-state index contributed by atoms with van der Waals surface area (Å²) in [4.78, 5) is 33.8. The Labute approximate surface area is 134 Å². The van der Waals surface area contributed by atoms with E-state index in [9.17, 15) is 24.1 Å². The van der Waals surface area contributed by atoms with E-state index in [1.807, 2.05) is 0 Å². The monoisotopic (exact) mass is 337 g/mol. The van der Waals surface area contributed by atoms with Crippen molar-refractivity contribution in [1.82, 2.24) is 0 Å². The first kappa shape index (κ1) is 16.6. The molecule has 0 saturated heterocycles. The number of rotatable bonds is 5. The number of carbonyl (C=O) groups is 2. The predicted molar refractivity (Wildman–Crippen MR) is 79.1 cm³/mol. The maximum atomic E-state index is 13.0. The summed E-state index contributed by atoms with van der Waals surface area (Å²) < 4.78 is 17.8. The van der Waals surface area contributed by atoms with Crippen molar-refractivity contribution >= 4 is 29.0 Å². The van der Waals surface area contributed by atoms with Crippen molar-refractivity contribution < 1.29 is 23.6 Å². The molecule has 0 spiro atoms. The minimum atomic E-state index is -1.07. The second-order valence-electron chi connectivity index (χ2n) is 4.43. The van der Waals surface area contributed by atoms with Crippen molar-refractivity contribution in [3.63, 3.8) is 0 Å². The summed E-state index contributed by atoms with van der Waals surface area (Å²) in [7, 11) is 0. The van der Waals surface area contributed by atoms with Crippen LogP contribution in [0.2, 0.25) is 5.02 Å². The summed E-state index contributed by atoms with van der Waals surface area (Å²) in [5, 5.41) is 11.0. The largest absolute Gasteiger partial charge is 0.454 e. The van der Waals surface area contributed by atoms with E-state index in [-0.39, 0.29) is 16.1 Å². The molecule has 2 aromatic carbocycles. The van der Waals surface area contributed by atoms with E-state index in [1.165, 1.54) is 18.2 Å². The van der Waals surface area contributed by atoms with Crippen molar-refractivity contribution in [1.29, 1.82) is 0 Å². The molecule has 2 rings (SSSR count). The Balaban J connectivity index is 2.12. The number of hydrogen-bond acceptors (Lipinski definition) is 5. The quantitative estimate of drug-likeness (QED) is 0.361. The molecule has 6 nitrogen and oxygen atoms in total. The van der Waals surface area contributed by atoms with E-state index in [2.05, 4.69) is 0 Å². The summed E-state index contributed by atoms with van der Waals surface area (Å²) in [6, 6.07) is 8.26. The van der Waals surface area contributed by atoms with Crippen LogP contribution < -0.4 is 0 Å². The van der Waals surface area contributed by atoms with Gasteiger partial charge in [0.25, 0.3) is 5.69 Å². The summed E-state index contributed by atoms with van der Waals surface area (Å²) in [6.07, 6.45) is 0. The first-order chi connectivity index (χ1) is 10.9. The maximum absolute atomic E-state index is 13.0. The lowest BCUT2D eigenvalue weighted by Gasteiger charge is -2.05. The molecule has 0 aliphatic rings. The summed E-state index contributed by atoms with van der Waals surface area (Å²) in [6.45, 7) is -0.675. The molecule has 23 heavy (non-hydrogen) atoms. The van der Waals surface area contributed by atoms with Crippen LogP contribution in [0.25, 0.3) is 0 Å². The average Bonchev–Trinajstić information content (AvgIpc) is 2.51. The topological polar surface area (TPSA) is 86.5 Å². The maximum Gasteiger partial charge on any atom is 0.345 e. The molecule has 0 N–H and O–H groups in total. The molecule has 0 bridgehead atoms. The van der Waals surface area contributed by atoms with Crippen molar-refractivity contribution in [3.05, 3.63) is 74.5 Å². The summed E-state index contributed by atoms with van der Waals surface area (Å²) >= 11 is 5.70. The number of esters is 1. The van der Waals surface area contributed by atoms with Gasteiger partial charge in [-0.3, -0.25) is 14.9 Å². The molecule has 8 heteroatoms. The lowest BCUT2D eigenvalue weighted by Crippen LogP contribution is -2.15. The summed E-state index contributed by atoms with van der Waals surface area (Å²) in [5.74, 6) is -2.31. The Morgan fingerprint density at radius 2 is 1.96 bits per heavy atom. The predicted octanol–water partition coefficient (Wildman–Crippen LogP) is 3.43. The van der Waals surface area contributed by atoms with E-state index in [1.54, 1.807) is 0 Å². The van der Waals surface area contributed by atoms with Crippen LogP contribution in [-0.2, 0) is 4.74 Å². The molecule has 0 atom stereocenters. The van der Waals surface area contributed by atoms with Crippen LogP contribution in [-0.4, -0.2) is 23.3 Å². The zero-order valence-corrected chi connectivity index (χ0v) is 12.2. The summed E-state index contributed by atoms with van der Waals surface area (Å²) in [5.41, 5.74) is -0.828. The molecule has 0 aromatic heterocycles. The Bertz CT molecular complexity index is 793. The number of hydrogen-bond donors (Lipinski definition) is 0. The molecule has 2 aromatic rings. The van der Waals surface area contributed by atoms with E-state index in [4.69, 9.17) is 16.3 Å². The van der Waals surface area contributed by atoms with Crippen LogP contribution in [0.1, 0.15) is 20.7 Å². The van der Waals surface area contributed by atoms with Gasteiger partial charge in [-0.05, 0) is 24.3 Å². The molecule has 0 saturated carbocycles. The molecule has 118 valence electrons. The number of nitrogens with zero attached hydrogens (tertiary/aromatic N) is 1. The van der Waals surface area contributed by atoms with Crippen molar-refractivity contribution in [3.8, 4) is 0 Å². The van der Waals surface area contributed by atoms with Gasteiger partial charge in [-0.2, -0.15) is 0 Å². The van der Waals surface area contributed by atoms with Crippen LogP contribution in [0.3, 0.4) is 0 Å². The minimum Gasteiger partial charge on any atom is -0.454 e. The molecular formula is C15H9ClFNO5. The zero-order chi connectivity index (χ0) is 17.0. The highest BCUT2D eigenvalue weighted by Gasteiger charge is 2.22. The highest BCUT2D eigenvalue weighted by atomic mass is 35.5. The van der Waals surface area contributed by atoms with Gasteiger partial charge < -0.3 is 4.74 Å². The SMILES string of the molecule is O=C(COC(=O)c1cc(Cl)ccc1[N+](=O)[O-])c1cccc(F)c1. The number of nitro benzene ring substituents is 1. The van der Waals surface area contributed by atoms with Gasteiger partial charge in [-0.15, -0.1) is 0 Å². The Hall–Kier alpha value is -2.80. The highest BCUT2D eigenvalue weighted by molar-refractivity contribution is 6.31. The number of Topliss-reactive ketones (excluding diaryl/α,β-unsaturated/α-hetero) is 1. The average molecular weight is 338 g/mol. The van der Waals surface area contributed by atoms with Crippen molar-refractivity contribution in [2.45, 2.75) is 0 Å². The van der Waals surface area contributed by atoms with Crippen molar-refractivity contribution in [2.24, 2.45) is 0 Å². The Morgan fingerprint density at radius 1 is 1.22 bits per heavy atom. The van der Waals surface area contributed by atoms with Crippen LogP contribution in [0.4, 0.5) is 10.1 Å². The molecule has 0 radical (unpaired) electrons. The minimum absolute atomic E-state index is 0.0263. The van der Waals surface area contributed by atoms with Gasteiger partial charge in [-0.25, -0.2) is 9.18 Å². The van der Waals surface area contributed by atoms with Gasteiger partial charge in [0.1, 0.15) is 11.4 Å². The second kappa shape index (κ2) is 6.97. The molecule has 0 unspecified atom stereocenters. The van der Waals surface area contributed by atoms with E-state index >= 15 is 0 Å². The number of carbonyl (C=O) groups excluding carboxylic acids is 2. The lowest BCUT2D eigenvalue weighted by molar-refractivity contribution is -0.385. The number of ketones is 1. The Morgan fingerprint density at radius 3 is 2.61 bits per heavy atom. The van der Waals surface area contributed by atoms with Crippen molar-refractivity contribution in [2.75, 3.05) is 6.61 Å². The standard InChI is InChI=1S/C15H9ClFNO5/c16-10-4-5-13(18(21)22)12(7-10)15(20)23-8-14(19)9-2-1-3-11(17)6-9/h1-7H,8H2. The highest BCUT2D eigenvalue weighted by Crippen LogP contribution is 2.23. The van der Waals surface area contributed by atoms with Crippen LogP contribution in [0.15, 0.2) is 42.5 Å². The van der Waals surface area contributed by atoms with E-state index < -0.39 is 34.8 Å². The van der Waals surface area contributed by atoms with E-state index in [0.717, 1.165) is 24.3 Å². The van der Waals surface area contributed by atoms with Crippen LogP contribution >= 0.6 is 11.6 Å². The number of benzene rings is 2. The Kier molecular flexibility index (Phi) is 5.02. The second-order valence-corrected chi connectivity index (χ2v) is 4.86. The van der Waals surface area contributed by atoms with Gasteiger partial charge in [0.15, 0.2) is 12.4 Å². The normalized spacial score (nSPS) is 10.2. The number of nitro groups is 1. The van der Waals surface area contributed by atoms with Gasteiger partial charge >= 0.3 is 5.97 Å². The van der Waals surface area contributed by atoms with Gasteiger partial charge in [0.2, 0.25) is 0 Å². The molecule has 0 amide bonds. The van der Waals surface area contributed by atoms with Gasteiger partial charge in [0, 0.05) is 16.7 Å². The van der Waals surface area contributed by atoms with Crippen LogP contribution in [0, 0.1) is 15.9 Å². The number of ether oxygens (including phenoxy) is 1. The lowest BCUT2D eigenvalue weighted by atomic mass is 10.1. The third kappa shape index (κ3) is 4.10. The number of halogens is 2. The molecule has 0 fully saturated rings. The molecule has 0 heterocycles. The molecule has 0 aliphatic carbocycles. The first-order valence-corrected chi connectivity index (χ1v) is 6.66. The molecular weight excluding hydrogens is 329 g/mol. The smallest absolute Gasteiger partial charge is 0.345 e. The van der Waals surface area contributed by atoms with E-state index in [0.29, 0.717) is 0 Å². The first-order valence-electron chi connectivity index (χ1n) is 6.28. The fraction of sp³-hybridized carbons (Fsp3) is 0.0667.